The van der Waals surface area contributed by atoms with Crippen LogP contribution in [-0.2, 0) is 11.3 Å². The van der Waals surface area contributed by atoms with E-state index in [1.165, 1.54) is 6.07 Å². The van der Waals surface area contributed by atoms with Crippen molar-refractivity contribution >= 4 is 11.8 Å². The van der Waals surface area contributed by atoms with Crippen molar-refractivity contribution in [2.24, 2.45) is 0 Å². The maximum atomic E-state index is 14.2. The molecule has 0 aliphatic heterocycles. The summed E-state index contributed by atoms with van der Waals surface area (Å²) in [4.78, 5) is 0. The molecule has 6 heteroatoms. The van der Waals surface area contributed by atoms with Gasteiger partial charge in [-0.05, 0) is 17.7 Å². The lowest BCUT2D eigenvalue weighted by Gasteiger charge is -2.11. The quantitative estimate of drug-likeness (QED) is 0.482. The largest absolute Gasteiger partial charge is 0.384 e. The molecule has 3 rings (SSSR count). The van der Waals surface area contributed by atoms with Crippen LogP contribution < -0.4 is 0 Å². The lowest BCUT2D eigenvalue weighted by Crippen LogP contribution is -2.05. The van der Waals surface area contributed by atoms with Crippen LogP contribution in [0.2, 0.25) is 0 Å². The summed E-state index contributed by atoms with van der Waals surface area (Å²) in [5.41, 5.74) is 1.57. The normalized spacial score (nSPS) is 10.9. The van der Waals surface area contributed by atoms with E-state index in [0.717, 1.165) is 16.5 Å². The van der Waals surface area contributed by atoms with Crippen molar-refractivity contribution in [2.45, 2.75) is 11.7 Å². The molecule has 4 nitrogen and oxygen atoms in total. The molecule has 0 saturated heterocycles. The number of methoxy groups -OCH3 is 1. The zero-order valence-electron chi connectivity index (χ0n) is 13.4. The molecule has 2 aromatic carbocycles. The van der Waals surface area contributed by atoms with E-state index in [4.69, 9.17) is 4.74 Å². The molecule has 0 spiro atoms. The van der Waals surface area contributed by atoms with E-state index in [9.17, 15) is 4.39 Å². The summed E-state index contributed by atoms with van der Waals surface area (Å²) in [6.07, 6.45) is 0. The van der Waals surface area contributed by atoms with Gasteiger partial charge in [0, 0.05) is 12.9 Å². The van der Waals surface area contributed by atoms with Gasteiger partial charge in [-0.3, -0.25) is 4.57 Å². The molecular weight excluding hydrogens is 325 g/mol. The SMILES string of the molecule is COCCSc1nnc(-c2ccccc2F)n1Cc1ccccc1. The van der Waals surface area contributed by atoms with Crippen LogP contribution >= 0.6 is 11.8 Å². The molecule has 3 aromatic rings. The van der Waals surface area contributed by atoms with Gasteiger partial charge in [0.25, 0.3) is 0 Å². The Balaban J connectivity index is 1.97. The van der Waals surface area contributed by atoms with Crippen LogP contribution in [0.3, 0.4) is 0 Å². The summed E-state index contributed by atoms with van der Waals surface area (Å²) >= 11 is 1.55. The Labute approximate surface area is 144 Å². The maximum Gasteiger partial charge on any atom is 0.191 e. The van der Waals surface area contributed by atoms with Crippen LogP contribution in [0.1, 0.15) is 5.56 Å². The molecule has 124 valence electrons. The minimum absolute atomic E-state index is 0.298. The van der Waals surface area contributed by atoms with Crippen molar-refractivity contribution in [2.75, 3.05) is 19.5 Å². The molecule has 0 N–H and O–H groups in total. The van der Waals surface area contributed by atoms with Crippen LogP contribution in [0.5, 0.6) is 0 Å². The number of thioether (sulfide) groups is 1. The molecule has 0 aliphatic rings. The number of nitrogens with zero attached hydrogens (tertiary/aromatic N) is 3. The Morgan fingerprint density at radius 3 is 2.54 bits per heavy atom. The number of aromatic nitrogens is 3. The first kappa shape index (κ1) is 16.7. The third kappa shape index (κ3) is 3.83. The fraction of sp³-hybridized carbons (Fsp3) is 0.222. The number of benzene rings is 2. The first-order chi connectivity index (χ1) is 11.8. The minimum atomic E-state index is -0.298. The highest BCUT2D eigenvalue weighted by Gasteiger charge is 2.17. The molecule has 0 saturated carbocycles. The highest BCUT2D eigenvalue weighted by atomic mass is 32.2. The van der Waals surface area contributed by atoms with Crippen LogP contribution in [0.4, 0.5) is 4.39 Å². The van der Waals surface area contributed by atoms with Gasteiger partial charge in [-0.2, -0.15) is 0 Å². The molecule has 1 aromatic heterocycles. The Bertz CT molecular complexity index is 792. The van der Waals surface area contributed by atoms with Crippen LogP contribution in [0, 0.1) is 5.82 Å². The Kier molecular flexibility index (Phi) is 5.61. The zero-order valence-corrected chi connectivity index (χ0v) is 14.2. The molecular formula is C18H18FN3OS. The fourth-order valence-corrected chi connectivity index (χ4v) is 3.20. The van der Waals surface area contributed by atoms with Crippen molar-refractivity contribution in [3.05, 3.63) is 66.0 Å². The van der Waals surface area contributed by atoms with E-state index in [-0.39, 0.29) is 5.82 Å². The fourth-order valence-electron chi connectivity index (χ4n) is 2.36. The topological polar surface area (TPSA) is 39.9 Å². The van der Waals surface area contributed by atoms with Crippen molar-refractivity contribution in [1.29, 1.82) is 0 Å². The van der Waals surface area contributed by atoms with Gasteiger partial charge in [-0.15, -0.1) is 10.2 Å². The first-order valence-corrected chi connectivity index (χ1v) is 8.62. The van der Waals surface area contributed by atoms with Gasteiger partial charge in [0.15, 0.2) is 11.0 Å². The second kappa shape index (κ2) is 8.08. The summed E-state index contributed by atoms with van der Waals surface area (Å²) in [7, 11) is 1.67. The molecule has 0 unspecified atom stereocenters. The van der Waals surface area contributed by atoms with Crippen LogP contribution in [0.15, 0.2) is 59.8 Å². The zero-order chi connectivity index (χ0) is 16.8. The number of hydrogen-bond donors (Lipinski definition) is 0. The molecule has 24 heavy (non-hydrogen) atoms. The summed E-state index contributed by atoms with van der Waals surface area (Å²) in [6, 6.07) is 16.7. The molecule has 0 amide bonds. The Morgan fingerprint density at radius 2 is 1.79 bits per heavy atom. The second-order valence-corrected chi connectivity index (χ2v) is 6.26. The number of rotatable bonds is 7. The standard InChI is InChI=1S/C18H18FN3OS/c1-23-11-12-24-18-21-20-17(15-9-5-6-10-16(15)19)22(18)13-14-7-3-2-4-8-14/h2-10H,11-13H2,1H3. The van der Waals surface area contributed by atoms with Gasteiger partial charge in [0.1, 0.15) is 5.82 Å². The van der Waals surface area contributed by atoms with E-state index < -0.39 is 0 Å². The lowest BCUT2D eigenvalue weighted by molar-refractivity contribution is 0.218. The van der Waals surface area contributed by atoms with Gasteiger partial charge in [0.05, 0.1) is 18.7 Å². The van der Waals surface area contributed by atoms with Crippen LogP contribution in [-0.4, -0.2) is 34.2 Å². The van der Waals surface area contributed by atoms with Crippen molar-refractivity contribution in [3.63, 3.8) is 0 Å². The minimum Gasteiger partial charge on any atom is -0.384 e. The molecule has 0 atom stereocenters. The van der Waals surface area contributed by atoms with Gasteiger partial charge in [-0.25, -0.2) is 4.39 Å². The Morgan fingerprint density at radius 1 is 1.04 bits per heavy atom. The average Bonchev–Trinajstić information content (AvgIpc) is 2.99. The van der Waals surface area contributed by atoms with Crippen LogP contribution in [0.25, 0.3) is 11.4 Å². The van der Waals surface area contributed by atoms with Crippen molar-refractivity contribution in [1.82, 2.24) is 14.8 Å². The van der Waals surface area contributed by atoms with Crippen molar-refractivity contribution in [3.8, 4) is 11.4 Å². The third-order valence-electron chi connectivity index (χ3n) is 3.53. The lowest BCUT2D eigenvalue weighted by atomic mass is 10.2. The molecule has 0 bridgehead atoms. The van der Waals surface area contributed by atoms with E-state index in [1.54, 1.807) is 37.1 Å². The highest BCUT2D eigenvalue weighted by Crippen LogP contribution is 2.26. The first-order valence-electron chi connectivity index (χ1n) is 7.63. The summed E-state index contributed by atoms with van der Waals surface area (Å²) < 4.78 is 21.2. The third-order valence-corrected chi connectivity index (χ3v) is 4.46. The molecule has 1 heterocycles. The Hall–Kier alpha value is -2.18. The molecule has 0 aliphatic carbocycles. The molecule has 0 fully saturated rings. The highest BCUT2D eigenvalue weighted by molar-refractivity contribution is 7.99. The molecule has 0 radical (unpaired) electrons. The summed E-state index contributed by atoms with van der Waals surface area (Å²) in [6.45, 7) is 1.21. The predicted octanol–water partition coefficient (Wildman–Crippen LogP) is 3.87. The second-order valence-electron chi connectivity index (χ2n) is 5.20. The maximum absolute atomic E-state index is 14.2. The van der Waals surface area contributed by atoms with Gasteiger partial charge in [0.2, 0.25) is 0 Å². The number of hydrogen-bond acceptors (Lipinski definition) is 4. The van der Waals surface area contributed by atoms with Gasteiger partial charge in [-0.1, -0.05) is 54.2 Å². The number of halogens is 1. The monoisotopic (exact) mass is 343 g/mol. The summed E-state index contributed by atoms with van der Waals surface area (Å²) in [5.74, 6) is 1.00. The van der Waals surface area contributed by atoms with Crippen molar-refractivity contribution < 1.29 is 9.13 Å². The van der Waals surface area contributed by atoms with E-state index in [0.29, 0.717) is 24.5 Å². The van der Waals surface area contributed by atoms with E-state index in [2.05, 4.69) is 10.2 Å². The summed E-state index contributed by atoms with van der Waals surface area (Å²) in [5, 5.41) is 9.25. The smallest absolute Gasteiger partial charge is 0.191 e. The van der Waals surface area contributed by atoms with Gasteiger partial charge < -0.3 is 4.74 Å². The number of ether oxygens (including phenoxy) is 1. The average molecular weight is 343 g/mol. The van der Waals surface area contributed by atoms with E-state index in [1.807, 2.05) is 34.9 Å². The van der Waals surface area contributed by atoms with E-state index >= 15 is 0 Å². The van der Waals surface area contributed by atoms with Gasteiger partial charge >= 0.3 is 0 Å². The predicted molar refractivity (Wildman–Crippen MR) is 93.6 cm³/mol.